The first kappa shape index (κ1) is 26.2. The Bertz CT molecular complexity index is 1550. The number of nitrogens with zero attached hydrogens (tertiary/aromatic N) is 3. The lowest BCUT2D eigenvalue weighted by Gasteiger charge is -2.09. The van der Waals surface area contributed by atoms with Crippen LogP contribution in [0.4, 0.5) is 10.1 Å². The summed E-state index contributed by atoms with van der Waals surface area (Å²) in [6, 6.07) is 5.29. The monoisotopic (exact) mass is 546 g/mol. The van der Waals surface area contributed by atoms with Crippen LogP contribution in [0.15, 0.2) is 71.6 Å². The van der Waals surface area contributed by atoms with Crippen molar-refractivity contribution in [1.29, 1.82) is 0 Å². The van der Waals surface area contributed by atoms with Crippen LogP contribution in [0, 0.1) is 0 Å². The molecule has 39 heavy (non-hydrogen) atoms. The van der Waals surface area contributed by atoms with Gasteiger partial charge in [-0.25, -0.2) is 9.37 Å². The SMILES string of the molecule is O=C(Cn1cc2cc(NC(=O)c3csc(C4=CC=C(F)CC4)n3)ccc2n1)NCCNC(=O)C1=CCCC=C1. The minimum Gasteiger partial charge on any atom is -0.353 e. The first-order chi connectivity index (χ1) is 18.9. The van der Waals surface area contributed by atoms with Crippen LogP contribution in [0.1, 0.15) is 41.2 Å². The fourth-order valence-corrected chi connectivity index (χ4v) is 5.07. The Morgan fingerprint density at radius 2 is 1.92 bits per heavy atom. The van der Waals surface area contributed by atoms with Gasteiger partial charge in [0.15, 0.2) is 0 Å². The highest BCUT2D eigenvalue weighted by atomic mass is 32.1. The van der Waals surface area contributed by atoms with E-state index < -0.39 is 0 Å². The highest BCUT2D eigenvalue weighted by molar-refractivity contribution is 7.11. The molecular formula is C28H27FN6O3S. The summed E-state index contributed by atoms with van der Waals surface area (Å²) in [5, 5.41) is 16.0. The molecule has 3 aromatic rings. The maximum absolute atomic E-state index is 13.3. The van der Waals surface area contributed by atoms with Crippen molar-refractivity contribution in [2.24, 2.45) is 0 Å². The summed E-state index contributed by atoms with van der Waals surface area (Å²) >= 11 is 1.35. The molecule has 0 bridgehead atoms. The Hall–Kier alpha value is -4.38. The summed E-state index contributed by atoms with van der Waals surface area (Å²) in [6.07, 6.45) is 13.3. The maximum atomic E-state index is 13.3. The highest BCUT2D eigenvalue weighted by Gasteiger charge is 2.16. The number of aromatic nitrogens is 3. The molecule has 0 unspecified atom stereocenters. The zero-order valence-corrected chi connectivity index (χ0v) is 21.9. The van der Waals surface area contributed by atoms with Crippen molar-refractivity contribution in [2.45, 2.75) is 32.2 Å². The van der Waals surface area contributed by atoms with Crippen molar-refractivity contribution in [3.8, 4) is 0 Å². The van der Waals surface area contributed by atoms with Gasteiger partial charge in [-0.2, -0.15) is 5.10 Å². The Kier molecular flexibility index (Phi) is 8.07. The number of benzene rings is 1. The fraction of sp³-hybridized carbons (Fsp3) is 0.250. The first-order valence-corrected chi connectivity index (χ1v) is 13.5. The largest absolute Gasteiger partial charge is 0.353 e. The van der Waals surface area contributed by atoms with E-state index in [9.17, 15) is 18.8 Å². The van der Waals surface area contributed by atoms with Crippen LogP contribution in [-0.2, 0) is 16.1 Å². The average molecular weight is 547 g/mol. The van der Waals surface area contributed by atoms with Crippen molar-refractivity contribution >= 4 is 51.2 Å². The maximum Gasteiger partial charge on any atom is 0.275 e. The second-order valence-corrected chi connectivity index (χ2v) is 10.0. The molecule has 5 rings (SSSR count). The zero-order valence-electron chi connectivity index (χ0n) is 21.1. The van der Waals surface area contributed by atoms with E-state index in [-0.39, 0.29) is 30.1 Å². The second kappa shape index (κ2) is 12.0. The number of carbonyl (C=O) groups excluding carboxylic acids is 3. The molecule has 0 atom stereocenters. The van der Waals surface area contributed by atoms with E-state index in [1.54, 1.807) is 35.9 Å². The predicted molar refractivity (Wildman–Crippen MR) is 149 cm³/mol. The molecule has 0 radical (unpaired) electrons. The summed E-state index contributed by atoms with van der Waals surface area (Å²) in [5.74, 6) is -0.871. The number of hydrogen-bond donors (Lipinski definition) is 3. The Morgan fingerprint density at radius 1 is 1.05 bits per heavy atom. The number of halogens is 1. The second-order valence-electron chi connectivity index (χ2n) is 9.14. The number of thiazole rings is 1. The molecule has 3 amide bonds. The van der Waals surface area contributed by atoms with E-state index in [0.717, 1.165) is 23.8 Å². The predicted octanol–water partition coefficient (Wildman–Crippen LogP) is 4.28. The number of allylic oxidation sites excluding steroid dienone is 6. The number of hydrogen-bond acceptors (Lipinski definition) is 6. The van der Waals surface area contributed by atoms with E-state index in [2.05, 4.69) is 26.0 Å². The van der Waals surface area contributed by atoms with Crippen LogP contribution in [0.3, 0.4) is 0 Å². The number of nitrogens with one attached hydrogen (secondary N) is 3. The molecule has 3 N–H and O–H groups in total. The van der Waals surface area contributed by atoms with Gasteiger partial charge in [-0.3, -0.25) is 19.1 Å². The van der Waals surface area contributed by atoms with E-state index >= 15 is 0 Å². The molecule has 200 valence electrons. The van der Waals surface area contributed by atoms with Gasteiger partial charge in [0.05, 0.1) is 5.52 Å². The van der Waals surface area contributed by atoms with Gasteiger partial charge in [-0.1, -0.05) is 24.3 Å². The molecule has 0 fully saturated rings. The molecule has 2 aliphatic rings. The molecule has 1 aromatic carbocycles. The minimum atomic E-state index is -0.343. The van der Waals surface area contributed by atoms with Gasteiger partial charge < -0.3 is 16.0 Å². The quantitative estimate of drug-likeness (QED) is 0.346. The summed E-state index contributed by atoms with van der Waals surface area (Å²) in [5.41, 5.74) is 3.11. The number of anilines is 1. The molecule has 2 aromatic heterocycles. The topological polar surface area (TPSA) is 118 Å². The molecule has 11 heteroatoms. The van der Waals surface area contributed by atoms with Gasteiger partial charge in [0, 0.05) is 47.7 Å². The van der Waals surface area contributed by atoms with Crippen LogP contribution in [0.5, 0.6) is 0 Å². The Balaban J connectivity index is 1.12. The lowest BCUT2D eigenvalue weighted by atomic mass is 10.1. The molecule has 0 saturated heterocycles. The normalized spacial score (nSPS) is 14.8. The fourth-order valence-electron chi connectivity index (χ4n) is 4.21. The third kappa shape index (κ3) is 6.74. The highest BCUT2D eigenvalue weighted by Crippen LogP contribution is 2.29. The third-order valence-electron chi connectivity index (χ3n) is 6.22. The summed E-state index contributed by atoms with van der Waals surface area (Å²) < 4.78 is 14.8. The third-order valence-corrected chi connectivity index (χ3v) is 7.13. The first-order valence-electron chi connectivity index (χ1n) is 12.7. The number of carbonyl (C=O) groups is 3. The van der Waals surface area contributed by atoms with Crippen molar-refractivity contribution in [3.05, 3.63) is 82.3 Å². The van der Waals surface area contributed by atoms with Crippen molar-refractivity contribution in [3.63, 3.8) is 0 Å². The van der Waals surface area contributed by atoms with Crippen molar-refractivity contribution < 1.29 is 18.8 Å². The molecule has 9 nitrogen and oxygen atoms in total. The molecule has 0 spiro atoms. The van der Waals surface area contributed by atoms with Crippen molar-refractivity contribution in [1.82, 2.24) is 25.4 Å². The number of fused-ring (bicyclic) bond motifs is 1. The standard InChI is InChI=1S/C28H27FN6O3S/c29-21-8-6-19(7-9-21)28-33-24(17-39-28)27(38)32-22-10-11-23-20(14-22)15-35(34-23)16-25(36)30-12-13-31-26(37)18-4-2-1-3-5-18/h2,4-6,8,10-11,14-15,17H,1,3,7,9,12-13,16H2,(H,30,36)(H,31,37)(H,32,38). The van der Waals surface area contributed by atoms with Crippen LogP contribution in [0.2, 0.25) is 0 Å². The van der Waals surface area contributed by atoms with Crippen LogP contribution >= 0.6 is 11.3 Å². The summed E-state index contributed by atoms with van der Waals surface area (Å²) in [6.45, 7) is 0.657. The van der Waals surface area contributed by atoms with Gasteiger partial charge >= 0.3 is 0 Å². The Morgan fingerprint density at radius 3 is 2.72 bits per heavy atom. The van der Waals surface area contributed by atoms with Crippen LogP contribution in [-0.4, -0.2) is 45.6 Å². The number of amides is 3. The smallest absolute Gasteiger partial charge is 0.275 e. The van der Waals surface area contributed by atoms with Gasteiger partial charge in [-0.05, 0) is 49.1 Å². The molecule has 0 aliphatic heterocycles. The van der Waals surface area contributed by atoms with E-state index in [4.69, 9.17) is 0 Å². The van der Waals surface area contributed by atoms with E-state index in [0.29, 0.717) is 53.4 Å². The molecule has 2 heterocycles. The summed E-state index contributed by atoms with van der Waals surface area (Å²) in [4.78, 5) is 41.6. The van der Waals surface area contributed by atoms with E-state index in [1.165, 1.54) is 22.1 Å². The molecular weight excluding hydrogens is 519 g/mol. The summed E-state index contributed by atoms with van der Waals surface area (Å²) in [7, 11) is 0. The van der Waals surface area contributed by atoms with Crippen LogP contribution in [0.25, 0.3) is 16.5 Å². The van der Waals surface area contributed by atoms with E-state index in [1.807, 2.05) is 18.2 Å². The Labute approximate surface area is 228 Å². The molecule has 2 aliphatic carbocycles. The van der Waals surface area contributed by atoms with Gasteiger partial charge in [0.1, 0.15) is 23.1 Å². The van der Waals surface area contributed by atoms with Gasteiger partial charge in [-0.15, -0.1) is 11.3 Å². The van der Waals surface area contributed by atoms with Gasteiger partial charge in [0.25, 0.3) is 11.8 Å². The molecule has 0 saturated carbocycles. The zero-order chi connectivity index (χ0) is 27.2. The lowest BCUT2D eigenvalue weighted by molar-refractivity contribution is -0.122. The lowest BCUT2D eigenvalue weighted by Crippen LogP contribution is -2.36. The minimum absolute atomic E-state index is 0.0226. The van der Waals surface area contributed by atoms with Crippen molar-refractivity contribution in [2.75, 3.05) is 18.4 Å². The number of rotatable bonds is 9. The van der Waals surface area contributed by atoms with Gasteiger partial charge in [0.2, 0.25) is 5.91 Å². The van der Waals surface area contributed by atoms with Crippen LogP contribution < -0.4 is 16.0 Å². The average Bonchev–Trinajstić information content (AvgIpc) is 3.59.